The quantitative estimate of drug-likeness (QED) is 0.128. The summed E-state index contributed by atoms with van der Waals surface area (Å²) >= 11 is 4.14. The summed E-state index contributed by atoms with van der Waals surface area (Å²) in [5.41, 5.74) is 11.7. The van der Waals surface area contributed by atoms with E-state index in [-0.39, 0.29) is 0 Å². The first kappa shape index (κ1) is 31.7. The molecule has 1 unspecified atom stereocenters. The van der Waals surface area contributed by atoms with E-state index < -0.39 is 27.6 Å². The molecule has 5 heteroatoms. The number of aryl methyl sites for hydroxylation is 6. The molecule has 46 heavy (non-hydrogen) atoms. The van der Waals surface area contributed by atoms with Crippen LogP contribution in [-0.2, 0) is 4.32 Å². The molecule has 0 bridgehead atoms. The number of hydrogen-bond acceptors (Lipinski definition) is 0. The maximum absolute atomic E-state index is 15.2. The van der Waals surface area contributed by atoms with Crippen LogP contribution in [0, 0.1) is 64.8 Å². The summed E-state index contributed by atoms with van der Waals surface area (Å²) in [6, 6.07) is 25.4. The van der Waals surface area contributed by atoms with E-state index in [0.29, 0.717) is 22.3 Å². The van der Waals surface area contributed by atoms with E-state index in [1.165, 1.54) is 24.3 Å². The highest BCUT2D eigenvalue weighted by molar-refractivity contribution is 9.10. The predicted octanol–water partition coefficient (Wildman–Crippen LogP) is 11.9. The van der Waals surface area contributed by atoms with Gasteiger partial charge in [0.1, 0.15) is 27.6 Å². The Labute approximate surface area is 276 Å². The summed E-state index contributed by atoms with van der Waals surface area (Å²) < 4.78 is 59.4. The molecular weight excluding hydrogens is 648 g/mol. The molecule has 0 aromatic heterocycles. The lowest BCUT2D eigenvalue weighted by atomic mass is 9.79. The van der Waals surface area contributed by atoms with Gasteiger partial charge in [-0.3, -0.25) is 0 Å². The molecule has 0 N–H and O–H groups in total. The van der Waals surface area contributed by atoms with E-state index in [1.807, 2.05) is 84.0 Å². The standard InChI is InChI=1S/C41H33BrF4/c1-22-7-23(2)11-28(10-22)37-38(29-16-33(43)20-34(44)17-29)40(31-14-26(5)9-27(6)15-31)41(42,32-18-35(45)21-36(46)19-32)39(37)30-12-24(3)8-25(4)13-30/h7-21H,1-6H3. The molecule has 0 spiro atoms. The summed E-state index contributed by atoms with van der Waals surface area (Å²) in [5, 5.41) is 0. The summed E-state index contributed by atoms with van der Waals surface area (Å²) in [6.07, 6.45) is 0. The molecule has 5 aromatic carbocycles. The fourth-order valence-corrected chi connectivity index (χ4v) is 8.16. The van der Waals surface area contributed by atoms with Gasteiger partial charge in [0.2, 0.25) is 0 Å². The Hall–Kier alpha value is -4.22. The third kappa shape index (κ3) is 5.78. The molecule has 0 fully saturated rings. The Morgan fingerprint density at radius 3 is 1.00 bits per heavy atom. The molecule has 6 rings (SSSR count). The fraction of sp³-hybridized carbons (Fsp3) is 0.171. The predicted molar refractivity (Wildman–Crippen MR) is 185 cm³/mol. The van der Waals surface area contributed by atoms with Gasteiger partial charge in [-0.05, 0) is 116 Å². The Balaban J connectivity index is 1.93. The van der Waals surface area contributed by atoms with Gasteiger partial charge in [-0.25, -0.2) is 17.6 Å². The number of rotatable bonds is 5. The van der Waals surface area contributed by atoms with Crippen LogP contribution in [0.25, 0.3) is 22.3 Å². The van der Waals surface area contributed by atoms with Crippen LogP contribution in [-0.4, -0.2) is 0 Å². The van der Waals surface area contributed by atoms with Crippen LogP contribution in [0.1, 0.15) is 61.2 Å². The highest BCUT2D eigenvalue weighted by atomic mass is 79.9. The van der Waals surface area contributed by atoms with Gasteiger partial charge in [0.15, 0.2) is 0 Å². The Kier molecular flexibility index (Phi) is 8.18. The van der Waals surface area contributed by atoms with Crippen molar-refractivity contribution in [2.24, 2.45) is 0 Å². The topological polar surface area (TPSA) is 0 Å². The van der Waals surface area contributed by atoms with Crippen molar-refractivity contribution in [2.75, 3.05) is 0 Å². The third-order valence-corrected chi connectivity index (χ3v) is 9.63. The lowest BCUT2D eigenvalue weighted by Gasteiger charge is -2.32. The molecule has 0 heterocycles. The van der Waals surface area contributed by atoms with E-state index in [0.717, 1.165) is 73.4 Å². The van der Waals surface area contributed by atoms with Gasteiger partial charge in [0.25, 0.3) is 0 Å². The van der Waals surface area contributed by atoms with Crippen molar-refractivity contribution in [1.29, 1.82) is 0 Å². The van der Waals surface area contributed by atoms with Crippen LogP contribution in [0.3, 0.4) is 0 Å². The fourth-order valence-electron chi connectivity index (χ4n) is 7.08. The smallest absolute Gasteiger partial charge is 0.126 e. The van der Waals surface area contributed by atoms with Crippen LogP contribution in [0.5, 0.6) is 0 Å². The Morgan fingerprint density at radius 2 is 0.652 bits per heavy atom. The number of benzene rings is 5. The highest BCUT2D eigenvalue weighted by Crippen LogP contribution is 2.65. The number of halogens is 5. The first-order chi connectivity index (χ1) is 21.7. The summed E-state index contributed by atoms with van der Waals surface area (Å²) in [7, 11) is 0. The van der Waals surface area contributed by atoms with Gasteiger partial charge in [0, 0.05) is 12.1 Å². The van der Waals surface area contributed by atoms with Crippen molar-refractivity contribution >= 4 is 38.2 Å². The molecule has 0 amide bonds. The van der Waals surface area contributed by atoms with Crippen molar-refractivity contribution in [2.45, 2.75) is 45.9 Å². The summed E-state index contributed by atoms with van der Waals surface area (Å²) in [6.45, 7) is 12.0. The van der Waals surface area contributed by atoms with Gasteiger partial charge >= 0.3 is 0 Å². The van der Waals surface area contributed by atoms with E-state index in [2.05, 4.69) is 28.1 Å². The average molecular weight is 682 g/mol. The minimum absolute atomic E-state index is 0.320. The molecule has 0 aliphatic heterocycles. The minimum atomic E-state index is -1.35. The molecular formula is C41H33BrF4. The average Bonchev–Trinajstić information content (AvgIpc) is 3.21. The monoisotopic (exact) mass is 680 g/mol. The van der Waals surface area contributed by atoms with E-state index in [4.69, 9.17) is 0 Å². The summed E-state index contributed by atoms with van der Waals surface area (Å²) in [5.74, 6) is -2.91. The van der Waals surface area contributed by atoms with E-state index in [1.54, 1.807) is 0 Å². The lowest BCUT2D eigenvalue weighted by Crippen LogP contribution is -2.21. The van der Waals surface area contributed by atoms with Crippen LogP contribution in [0.4, 0.5) is 17.6 Å². The zero-order valence-electron chi connectivity index (χ0n) is 26.6. The zero-order valence-corrected chi connectivity index (χ0v) is 28.1. The van der Waals surface area contributed by atoms with Crippen LogP contribution in [0.2, 0.25) is 0 Å². The van der Waals surface area contributed by atoms with E-state index >= 15 is 17.6 Å². The molecule has 5 aromatic rings. The molecule has 0 nitrogen and oxygen atoms in total. The molecule has 1 aliphatic rings. The van der Waals surface area contributed by atoms with Crippen molar-refractivity contribution in [1.82, 2.24) is 0 Å². The second kappa shape index (κ2) is 11.9. The molecule has 232 valence electrons. The molecule has 1 atom stereocenters. The van der Waals surface area contributed by atoms with Crippen LogP contribution in [0.15, 0.2) is 91.0 Å². The third-order valence-electron chi connectivity index (χ3n) is 8.38. The van der Waals surface area contributed by atoms with Gasteiger partial charge in [-0.2, -0.15) is 0 Å². The second-order valence-corrected chi connectivity index (χ2v) is 13.8. The Bertz CT molecular complexity index is 1890. The molecule has 0 radical (unpaired) electrons. The normalized spacial score (nSPS) is 16.5. The lowest BCUT2D eigenvalue weighted by molar-refractivity contribution is 0.579. The van der Waals surface area contributed by atoms with Gasteiger partial charge in [-0.15, -0.1) is 0 Å². The number of hydrogen-bond donors (Lipinski definition) is 0. The van der Waals surface area contributed by atoms with Crippen molar-refractivity contribution < 1.29 is 17.6 Å². The highest BCUT2D eigenvalue weighted by Gasteiger charge is 2.49. The second-order valence-electron chi connectivity index (χ2n) is 12.6. The SMILES string of the molecule is Cc1cc(C)cc(C2=C(c3cc(C)cc(C)c3)C(Br)(c3cc(F)cc(F)c3)C(c3cc(C)cc(C)c3)=C2c2cc(F)cc(F)c2)c1. The molecule has 1 aliphatic carbocycles. The first-order valence-electron chi connectivity index (χ1n) is 15.1. The zero-order chi connectivity index (χ0) is 33.1. The van der Waals surface area contributed by atoms with Crippen molar-refractivity contribution in [3.63, 3.8) is 0 Å². The largest absolute Gasteiger partial charge is 0.207 e. The first-order valence-corrected chi connectivity index (χ1v) is 15.9. The van der Waals surface area contributed by atoms with Gasteiger partial charge in [-0.1, -0.05) is 104 Å². The van der Waals surface area contributed by atoms with Crippen molar-refractivity contribution in [3.8, 4) is 0 Å². The Morgan fingerprint density at radius 1 is 0.370 bits per heavy atom. The maximum Gasteiger partial charge on any atom is 0.126 e. The summed E-state index contributed by atoms with van der Waals surface area (Å²) in [4.78, 5) is 0. The van der Waals surface area contributed by atoms with Gasteiger partial charge < -0.3 is 0 Å². The van der Waals surface area contributed by atoms with E-state index in [9.17, 15) is 0 Å². The number of allylic oxidation sites excluding steroid dienone is 4. The minimum Gasteiger partial charge on any atom is -0.207 e. The van der Waals surface area contributed by atoms with Crippen LogP contribution < -0.4 is 0 Å². The maximum atomic E-state index is 15.2. The molecule has 0 saturated carbocycles. The van der Waals surface area contributed by atoms with Gasteiger partial charge in [0.05, 0.1) is 0 Å². The molecule has 0 saturated heterocycles. The van der Waals surface area contributed by atoms with Crippen LogP contribution >= 0.6 is 15.9 Å². The number of alkyl halides is 1. The van der Waals surface area contributed by atoms with Crippen molar-refractivity contribution in [3.05, 3.63) is 175 Å².